The van der Waals surface area contributed by atoms with Crippen molar-refractivity contribution < 1.29 is 8.42 Å². The molecule has 0 amide bonds. The molecule has 1 N–H and O–H groups in total. The lowest BCUT2D eigenvalue weighted by Crippen LogP contribution is -2.35. The van der Waals surface area contributed by atoms with Gasteiger partial charge in [-0.2, -0.15) is 4.31 Å². The van der Waals surface area contributed by atoms with Crippen LogP contribution in [0.4, 0.5) is 5.69 Å². The number of anilines is 1. The number of hydrogen-bond donors (Lipinski definition) is 1. The molecule has 3 rings (SSSR count). The highest BCUT2D eigenvalue weighted by atomic mass is 32.2. The maximum Gasteiger partial charge on any atom is 0.243 e. The Morgan fingerprint density at radius 2 is 1.95 bits per heavy atom. The van der Waals surface area contributed by atoms with E-state index in [0.29, 0.717) is 18.0 Å². The molecule has 0 spiro atoms. The summed E-state index contributed by atoms with van der Waals surface area (Å²) in [5.41, 5.74) is 1.94. The number of rotatable bonds is 2. The van der Waals surface area contributed by atoms with Crippen molar-refractivity contribution in [1.82, 2.24) is 9.21 Å². The van der Waals surface area contributed by atoms with E-state index in [4.69, 9.17) is 0 Å². The second-order valence-electron chi connectivity index (χ2n) is 5.87. The molecule has 2 aliphatic rings. The van der Waals surface area contributed by atoms with E-state index in [1.807, 2.05) is 19.2 Å². The highest BCUT2D eigenvalue weighted by Gasteiger charge is 2.29. The van der Waals surface area contributed by atoms with Gasteiger partial charge in [0, 0.05) is 31.9 Å². The summed E-state index contributed by atoms with van der Waals surface area (Å²) in [7, 11) is -1.34. The van der Waals surface area contributed by atoms with Gasteiger partial charge in [-0.15, -0.1) is 0 Å². The molecule has 6 heteroatoms. The van der Waals surface area contributed by atoms with Crippen LogP contribution in [0.3, 0.4) is 0 Å². The predicted octanol–water partition coefficient (Wildman–Crippen LogP) is 1.37. The van der Waals surface area contributed by atoms with Crippen molar-refractivity contribution >= 4 is 15.7 Å². The zero-order valence-corrected chi connectivity index (χ0v) is 13.3. The first-order valence-corrected chi connectivity index (χ1v) is 9.07. The molecule has 1 fully saturated rings. The van der Waals surface area contributed by atoms with Gasteiger partial charge < -0.3 is 10.2 Å². The lowest BCUT2D eigenvalue weighted by Gasteiger charge is -2.25. The molecule has 116 valence electrons. The van der Waals surface area contributed by atoms with Crippen LogP contribution >= 0.6 is 0 Å². The number of sulfonamides is 1. The van der Waals surface area contributed by atoms with Crippen molar-refractivity contribution in [2.24, 2.45) is 0 Å². The van der Waals surface area contributed by atoms with Gasteiger partial charge in [-0.1, -0.05) is 6.07 Å². The molecule has 0 bridgehead atoms. The van der Waals surface area contributed by atoms with Crippen molar-refractivity contribution in [2.45, 2.75) is 24.2 Å². The third-order valence-corrected chi connectivity index (χ3v) is 6.33. The molecule has 2 heterocycles. The molecule has 5 nitrogen and oxygen atoms in total. The third-order valence-electron chi connectivity index (χ3n) is 4.35. The van der Waals surface area contributed by atoms with Crippen LogP contribution in [0.1, 0.15) is 18.4 Å². The monoisotopic (exact) mass is 309 g/mol. The van der Waals surface area contributed by atoms with Crippen LogP contribution in [-0.2, 0) is 16.4 Å². The highest BCUT2D eigenvalue weighted by Crippen LogP contribution is 2.30. The Balaban J connectivity index is 1.95. The maximum absolute atomic E-state index is 13.0. The van der Waals surface area contributed by atoms with E-state index in [1.54, 1.807) is 10.4 Å². The molecule has 0 radical (unpaired) electrons. The van der Waals surface area contributed by atoms with Crippen LogP contribution in [0, 0.1) is 0 Å². The first kappa shape index (κ1) is 14.8. The van der Waals surface area contributed by atoms with Gasteiger partial charge >= 0.3 is 0 Å². The van der Waals surface area contributed by atoms with Gasteiger partial charge in [0.25, 0.3) is 0 Å². The molecule has 0 saturated carbocycles. The number of hydrogen-bond acceptors (Lipinski definition) is 4. The molecule has 1 aromatic rings. The Labute approximate surface area is 127 Å². The molecule has 0 atom stereocenters. The number of likely N-dealkylation sites (N-methyl/N-ethyl adjacent to an activating group) is 1. The van der Waals surface area contributed by atoms with Crippen molar-refractivity contribution in [3.05, 3.63) is 23.8 Å². The SMILES string of the molecule is CN1CCCN(S(=O)(=O)c2cccc3c2CCCN3)CC1. The summed E-state index contributed by atoms with van der Waals surface area (Å²) in [5, 5.41) is 3.31. The quantitative estimate of drug-likeness (QED) is 0.896. The van der Waals surface area contributed by atoms with Crippen LogP contribution in [0.5, 0.6) is 0 Å². The van der Waals surface area contributed by atoms with Crippen LogP contribution in [-0.4, -0.2) is 57.4 Å². The summed E-state index contributed by atoms with van der Waals surface area (Å²) in [4.78, 5) is 2.69. The number of nitrogens with one attached hydrogen (secondary N) is 1. The minimum atomic E-state index is -3.38. The second-order valence-corrected chi connectivity index (χ2v) is 7.78. The van der Waals surface area contributed by atoms with Crippen molar-refractivity contribution in [2.75, 3.05) is 45.1 Å². The van der Waals surface area contributed by atoms with E-state index in [-0.39, 0.29) is 0 Å². The molecule has 2 aliphatic heterocycles. The fourth-order valence-electron chi connectivity index (χ4n) is 3.12. The zero-order valence-electron chi connectivity index (χ0n) is 12.5. The van der Waals surface area contributed by atoms with Crippen molar-refractivity contribution in [3.63, 3.8) is 0 Å². The van der Waals surface area contributed by atoms with E-state index in [1.165, 1.54) is 0 Å². The largest absolute Gasteiger partial charge is 0.385 e. The number of nitrogens with zero attached hydrogens (tertiary/aromatic N) is 2. The molecule has 0 aromatic heterocycles. The van der Waals surface area contributed by atoms with Gasteiger partial charge in [0.2, 0.25) is 10.0 Å². The summed E-state index contributed by atoms with van der Waals surface area (Å²) in [6.45, 7) is 3.87. The van der Waals surface area contributed by atoms with E-state index in [2.05, 4.69) is 10.2 Å². The molecule has 1 saturated heterocycles. The first-order chi connectivity index (χ1) is 10.1. The zero-order chi connectivity index (χ0) is 14.9. The Hall–Kier alpha value is -1.11. The standard InChI is InChI=1S/C15H23N3O2S/c1-17-9-4-10-18(12-11-17)21(19,20)15-7-2-6-14-13(15)5-3-8-16-14/h2,6-7,16H,3-5,8-12H2,1H3. The molecule has 0 aliphatic carbocycles. The van der Waals surface area contributed by atoms with Gasteiger partial charge in [0.1, 0.15) is 0 Å². The average molecular weight is 309 g/mol. The third kappa shape index (κ3) is 2.93. The Kier molecular flexibility index (Phi) is 4.19. The first-order valence-electron chi connectivity index (χ1n) is 7.63. The van der Waals surface area contributed by atoms with Gasteiger partial charge in [0.15, 0.2) is 0 Å². The second kappa shape index (κ2) is 5.94. The summed E-state index contributed by atoms with van der Waals surface area (Å²) >= 11 is 0. The van der Waals surface area contributed by atoms with E-state index in [9.17, 15) is 8.42 Å². The lowest BCUT2D eigenvalue weighted by atomic mass is 10.0. The minimum absolute atomic E-state index is 0.497. The summed E-state index contributed by atoms with van der Waals surface area (Å²) in [6, 6.07) is 5.58. The van der Waals surface area contributed by atoms with Crippen LogP contribution in [0.25, 0.3) is 0 Å². The highest BCUT2D eigenvalue weighted by molar-refractivity contribution is 7.89. The van der Waals surface area contributed by atoms with Crippen molar-refractivity contribution in [1.29, 1.82) is 0 Å². The minimum Gasteiger partial charge on any atom is -0.385 e. The summed E-state index contributed by atoms with van der Waals surface area (Å²) < 4.78 is 27.7. The Bertz CT molecular complexity index is 615. The number of fused-ring (bicyclic) bond motifs is 1. The number of benzene rings is 1. The van der Waals surface area contributed by atoms with E-state index < -0.39 is 10.0 Å². The molecule has 1 aromatic carbocycles. The smallest absolute Gasteiger partial charge is 0.243 e. The topological polar surface area (TPSA) is 52.7 Å². The lowest BCUT2D eigenvalue weighted by molar-refractivity contribution is 0.347. The molecular weight excluding hydrogens is 286 g/mol. The van der Waals surface area contributed by atoms with E-state index >= 15 is 0 Å². The molecular formula is C15H23N3O2S. The maximum atomic E-state index is 13.0. The summed E-state index contributed by atoms with van der Waals surface area (Å²) in [5.74, 6) is 0. The van der Waals surface area contributed by atoms with Gasteiger partial charge in [-0.05, 0) is 50.6 Å². The van der Waals surface area contributed by atoms with Crippen molar-refractivity contribution in [3.8, 4) is 0 Å². The van der Waals surface area contributed by atoms with Gasteiger partial charge in [0.05, 0.1) is 4.90 Å². The normalized spacial score (nSPS) is 21.4. The van der Waals surface area contributed by atoms with E-state index in [0.717, 1.165) is 50.1 Å². The van der Waals surface area contributed by atoms with Gasteiger partial charge in [-0.3, -0.25) is 0 Å². The Morgan fingerprint density at radius 1 is 1.10 bits per heavy atom. The Morgan fingerprint density at radius 3 is 2.81 bits per heavy atom. The van der Waals surface area contributed by atoms with Crippen LogP contribution < -0.4 is 5.32 Å². The predicted molar refractivity (Wildman–Crippen MR) is 84.1 cm³/mol. The average Bonchev–Trinajstić information content (AvgIpc) is 2.72. The summed E-state index contributed by atoms with van der Waals surface area (Å²) in [6.07, 6.45) is 2.72. The molecule has 0 unspecified atom stereocenters. The van der Waals surface area contributed by atoms with Crippen LogP contribution in [0.2, 0.25) is 0 Å². The fraction of sp³-hybridized carbons (Fsp3) is 0.600. The van der Waals surface area contributed by atoms with Gasteiger partial charge in [-0.25, -0.2) is 8.42 Å². The van der Waals surface area contributed by atoms with Crippen LogP contribution in [0.15, 0.2) is 23.1 Å². The molecule has 21 heavy (non-hydrogen) atoms. The fourth-order valence-corrected chi connectivity index (χ4v) is 4.86.